The lowest BCUT2D eigenvalue weighted by Crippen LogP contribution is -2.14. The Morgan fingerprint density at radius 2 is 1.88 bits per heavy atom. The van der Waals surface area contributed by atoms with E-state index in [0.29, 0.717) is 36.5 Å². The molecular weight excluding hydrogens is 316 g/mol. The zero-order valence-electron chi connectivity index (χ0n) is 14.8. The van der Waals surface area contributed by atoms with E-state index in [9.17, 15) is 4.79 Å². The number of anilines is 1. The van der Waals surface area contributed by atoms with Crippen LogP contribution in [0.2, 0.25) is 0 Å². The number of para-hydroxylation sites is 1. The van der Waals surface area contributed by atoms with E-state index < -0.39 is 0 Å². The molecule has 1 N–H and O–H groups in total. The zero-order valence-corrected chi connectivity index (χ0v) is 14.8. The molecule has 0 saturated heterocycles. The van der Waals surface area contributed by atoms with Crippen LogP contribution in [0.4, 0.5) is 5.69 Å². The van der Waals surface area contributed by atoms with Gasteiger partial charge in [0.2, 0.25) is 5.91 Å². The number of methoxy groups -OCH3 is 1. The Kier molecular flexibility index (Phi) is 6.41. The topological polar surface area (TPSA) is 71.3 Å². The highest BCUT2D eigenvalue weighted by Crippen LogP contribution is 2.28. The highest BCUT2D eigenvalue weighted by atomic mass is 16.5. The Balaban J connectivity index is 1.83. The van der Waals surface area contributed by atoms with Crippen molar-refractivity contribution in [3.63, 3.8) is 0 Å². The minimum absolute atomic E-state index is 0.0345. The number of hydrogen-bond donors (Lipinski definition) is 1. The summed E-state index contributed by atoms with van der Waals surface area (Å²) in [5.41, 5.74) is 3.48. The van der Waals surface area contributed by atoms with Gasteiger partial charge < -0.3 is 14.8 Å². The molecule has 0 bridgehead atoms. The average Bonchev–Trinajstić information content (AvgIpc) is 2.62. The monoisotopic (exact) mass is 338 g/mol. The van der Waals surface area contributed by atoms with E-state index in [0.717, 1.165) is 16.8 Å². The summed E-state index contributed by atoms with van der Waals surface area (Å²) in [4.78, 5) is 12.1. The smallest absolute Gasteiger partial charge is 0.224 e. The van der Waals surface area contributed by atoms with Gasteiger partial charge in [-0.05, 0) is 43.5 Å². The van der Waals surface area contributed by atoms with E-state index in [2.05, 4.69) is 11.4 Å². The molecule has 2 aromatic rings. The molecule has 2 rings (SSSR count). The lowest BCUT2D eigenvalue weighted by Gasteiger charge is -2.12. The summed E-state index contributed by atoms with van der Waals surface area (Å²) in [7, 11) is 1.53. The van der Waals surface area contributed by atoms with Gasteiger partial charge in [-0.2, -0.15) is 5.26 Å². The van der Waals surface area contributed by atoms with Gasteiger partial charge in [0, 0.05) is 18.2 Å². The van der Waals surface area contributed by atoms with E-state index in [4.69, 9.17) is 14.7 Å². The fourth-order valence-corrected chi connectivity index (χ4v) is 2.48. The van der Waals surface area contributed by atoms with E-state index >= 15 is 0 Å². The highest BCUT2D eigenvalue weighted by Gasteiger charge is 2.09. The quantitative estimate of drug-likeness (QED) is 0.775. The molecule has 130 valence electrons. The number of nitrogens with zero attached hydrogens (tertiary/aromatic N) is 1. The van der Waals surface area contributed by atoms with Crippen molar-refractivity contribution in [3.05, 3.63) is 53.1 Å². The Morgan fingerprint density at radius 3 is 2.52 bits per heavy atom. The second kappa shape index (κ2) is 8.74. The van der Waals surface area contributed by atoms with Gasteiger partial charge >= 0.3 is 0 Å². The summed E-state index contributed by atoms with van der Waals surface area (Å²) >= 11 is 0. The first-order chi connectivity index (χ1) is 12.0. The molecule has 0 aliphatic heterocycles. The first kappa shape index (κ1) is 18.3. The zero-order chi connectivity index (χ0) is 18.2. The van der Waals surface area contributed by atoms with Crippen LogP contribution in [0.15, 0.2) is 36.4 Å². The summed E-state index contributed by atoms with van der Waals surface area (Å²) in [6.45, 7) is 4.34. The molecule has 0 saturated carbocycles. The molecule has 0 heterocycles. The number of ether oxygens (including phenoxy) is 2. The van der Waals surface area contributed by atoms with Gasteiger partial charge in [-0.3, -0.25) is 4.79 Å². The van der Waals surface area contributed by atoms with Crippen LogP contribution in [0.1, 0.15) is 29.5 Å². The molecule has 0 aliphatic rings. The molecule has 0 aromatic heterocycles. The molecular formula is C20H22N2O3. The fraction of sp³-hybridized carbons (Fsp3) is 0.300. The number of carbonyl (C=O) groups is 1. The van der Waals surface area contributed by atoms with Gasteiger partial charge in [-0.1, -0.05) is 18.2 Å². The molecule has 0 aliphatic carbocycles. The average molecular weight is 338 g/mol. The van der Waals surface area contributed by atoms with Crippen molar-refractivity contribution in [2.24, 2.45) is 0 Å². The van der Waals surface area contributed by atoms with Crippen LogP contribution in [-0.4, -0.2) is 19.6 Å². The summed E-state index contributed by atoms with van der Waals surface area (Å²) in [6.07, 6.45) is 0.951. The number of rotatable bonds is 7. The third-order valence-electron chi connectivity index (χ3n) is 3.84. The van der Waals surface area contributed by atoms with Crippen LogP contribution in [0, 0.1) is 25.2 Å². The van der Waals surface area contributed by atoms with Gasteiger partial charge in [0.15, 0.2) is 11.5 Å². The number of benzene rings is 2. The predicted molar refractivity (Wildman–Crippen MR) is 97.0 cm³/mol. The van der Waals surface area contributed by atoms with Crippen molar-refractivity contribution in [3.8, 4) is 17.6 Å². The SMILES string of the molecule is COc1cc(C#N)ccc1OCCCC(=O)Nc1c(C)cccc1C. The molecule has 0 unspecified atom stereocenters. The molecule has 0 atom stereocenters. The molecule has 1 amide bonds. The summed E-state index contributed by atoms with van der Waals surface area (Å²) in [5, 5.41) is 11.9. The number of hydrogen-bond acceptors (Lipinski definition) is 4. The van der Waals surface area contributed by atoms with E-state index in [1.54, 1.807) is 18.2 Å². The normalized spacial score (nSPS) is 10.0. The maximum absolute atomic E-state index is 12.1. The van der Waals surface area contributed by atoms with E-state index in [1.807, 2.05) is 32.0 Å². The summed E-state index contributed by atoms with van der Waals surface area (Å²) in [6, 6.07) is 13.0. The van der Waals surface area contributed by atoms with Crippen molar-refractivity contribution in [1.29, 1.82) is 5.26 Å². The second-order valence-corrected chi connectivity index (χ2v) is 5.74. The Hall–Kier alpha value is -3.00. The van der Waals surface area contributed by atoms with E-state index in [1.165, 1.54) is 7.11 Å². The van der Waals surface area contributed by atoms with Crippen LogP contribution >= 0.6 is 0 Å². The Labute approximate surface area is 148 Å². The number of amides is 1. The van der Waals surface area contributed by atoms with Crippen LogP contribution in [0.25, 0.3) is 0 Å². The minimum atomic E-state index is -0.0345. The first-order valence-electron chi connectivity index (χ1n) is 8.12. The van der Waals surface area contributed by atoms with Crippen molar-refractivity contribution in [2.45, 2.75) is 26.7 Å². The van der Waals surface area contributed by atoms with Crippen molar-refractivity contribution in [2.75, 3.05) is 19.0 Å². The molecule has 5 nitrogen and oxygen atoms in total. The molecule has 0 spiro atoms. The molecule has 0 fully saturated rings. The molecule has 2 aromatic carbocycles. The van der Waals surface area contributed by atoms with Gasteiger partial charge in [0.25, 0.3) is 0 Å². The third kappa shape index (κ3) is 4.98. The van der Waals surface area contributed by atoms with Crippen molar-refractivity contribution < 1.29 is 14.3 Å². The molecule has 25 heavy (non-hydrogen) atoms. The minimum Gasteiger partial charge on any atom is -0.493 e. The highest BCUT2D eigenvalue weighted by molar-refractivity contribution is 5.92. The van der Waals surface area contributed by atoms with Crippen molar-refractivity contribution in [1.82, 2.24) is 0 Å². The van der Waals surface area contributed by atoms with Crippen molar-refractivity contribution >= 4 is 11.6 Å². The number of nitrogens with one attached hydrogen (secondary N) is 1. The van der Waals surface area contributed by atoms with Gasteiger partial charge in [-0.15, -0.1) is 0 Å². The van der Waals surface area contributed by atoms with Crippen LogP contribution in [0.3, 0.4) is 0 Å². The third-order valence-corrected chi connectivity index (χ3v) is 3.84. The summed E-state index contributed by atoms with van der Waals surface area (Å²) < 4.78 is 10.9. The number of nitriles is 1. The second-order valence-electron chi connectivity index (χ2n) is 5.74. The van der Waals surface area contributed by atoms with Gasteiger partial charge in [0.05, 0.1) is 25.3 Å². The molecule has 0 radical (unpaired) electrons. The van der Waals surface area contributed by atoms with E-state index in [-0.39, 0.29) is 5.91 Å². The summed E-state index contributed by atoms with van der Waals surface area (Å²) in [5.74, 6) is 1.04. The maximum atomic E-state index is 12.1. The van der Waals surface area contributed by atoms with Crippen LogP contribution < -0.4 is 14.8 Å². The fourth-order valence-electron chi connectivity index (χ4n) is 2.48. The Morgan fingerprint density at radius 1 is 1.16 bits per heavy atom. The van der Waals surface area contributed by atoms with Gasteiger partial charge in [0.1, 0.15) is 0 Å². The largest absolute Gasteiger partial charge is 0.493 e. The van der Waals surface area contributed by atoms with Gasteiger partial charge in [-0.25, -0.2) is 0 Å². The van der Waals surface area contributed by atoms with Crippen LogP contribution in [0.5, 0.6) is 11.5 Å². The Bertz CT molecular complexity index is 774. The lowest BCUT2D eigenvalue weighted by atomic mass is 10.1. The molecule has 5 heteroatoms. The van der Waals surface area contributed by atoms with Crippen LogP contribution in [-0.2, 0) is 4.79 Å². The maximum Gasteiger partial charge on any atom is 0.224 e. The number of carbonyl (C=O) groups excluding carboxylic acids is 1. The number of aryl methyl sites for hydroxylation is 2. The standard InChI is InChI=1S/C20H22N2O3/c1-14-6-4-7-15(2)20(14)22-19(23)8-5-11-25-17-10-9-16(13-21)12-18(17)24-3/h4,6-7,9-10,12H,5,8,11H2,1-3H3,(H,22,23). The predicted octanol–water partition coefficient (Wildman–Crippen LogP) is 3.98. The first-order valence-corrected chi connectivity index (χ1v) is 8.12. The lowest BCUT2D eigenvalue weighted by molar-refractivity contribution is -0.116.